The van der Waals surface area contributed by atoms with E-state index in [0.717, 1.165) is 82.0 Å². The molecule has 4 rings (SSSR count). The Balaban J connectivity index is 1.41. The van der Waals surface area contributed by atoms with Crippen LogP contribution in [0.1, 0.15) is 89.7 Å². The first kappa shape index (κ1) is 29.3. The molecule has 2 N–H and O–H groups in total. The lowest BCUT2D eigenvalue weighted by molar-refractivity contribution is 0.768. The number of aromatic nitrogens is 1. The van der Waals surface area contributed by atoms with Gasteiger partial charge in [0.1, 0.15) is 0 Å². The molecular formula is C38H46N2. The molecule has 0 atom stereocenters. The molecular weight excluding hydrogens is 484 g/mol. The lowest BCUT2D eigenvalue weighted by Crippen LogP contribution is -2.32. The zero-order valence-electron chi connectivity index (χ0n) is 24.4. The Kier molecular flexibility index (Phi) is 11.6. The van der Waals surface area contributed by atoms with E-state index in [1.807, 2.05) is 18.3 Å². The lowest BCUT2D eigenvalue weighted by Gasteiger charge is -2.20. The molecule has 0 fully saturated rings. The molecule has 2 nitrogen and oxygen atoms in total. The van der Waals surface area contributed by atoms with Crippen molar-refractivity contribution in [2.75, 3.05) is 0 Å². The molecule has 0 saturated heterocycles. The molecule has 0 aliphatic heterocycles. The van der Waals surface area contributed by atoms with Crippen molar-refractivity contribution in [2.45, 2.75) is 84.0 Å². The average Bonchev–Trinajstić information content (AvgIpc) is 3.00. The van der Waals surface area contributed by atoms with Crippen molar-refractivity contribution in [1.29, 1.82) is 0 Å². The van der Waals surface area contributed by atoms with Crippen LogP contribution in [-0.2, 0) is 0 Å². The van der Waals surface area contributed by atoms with Crippen LogP contribution in [0.4, 0.5) is 0 Å². The highest BCUT2D eigenvalue weighted by Crippen LogP contribution is 2.31. The van der Waals surface area contributed by atoms with Gasteiger partial charge in [-0.3, -0.25) is 4.98 Å². The molecule has 0 radical (unpaired) electrons. The van der Waals surface area contributed by atoms with Gasteiger partial charge >= 0.3 is 0 Å². The minimum absolute atomic E-state index is 0.959. The van der Waals surface area contributed by atoms with E-state index in [9.17, 15) is 0 Å². The summed E-state index contributed by atoms with van der Waals surface area (Å²) in [5, 5.41) is 2.88. The maximum Gasteiger partial charge on any atom is 0.0661 e. The minimum atomic E-state index is 0.959. The molecule has 1 heterocycles. The molecule has 208 valence electrons. The Morgan fingerprint density at radius 1 is 0.900 bits per heavy atom. The second-order valence-electron chi connectivity index (χ2n) is 10.9. The Morgan fingerprint density at radius 2 is 1.75 bits per heavy atom. The topological polar surface area (TPSA) is 38.9 Å². The average molecular weight is 531 g/mol. The number of nitrogens with two attached hydrogens (primary N) is 1. The third kappa shape index (κ3) is 8.42. The molecule has 2 aliphatic rings. The fourth-order valence-corrected chi connectivity index (χ4v) is 5.95. The van der Waals surface area contributed by atoms with Crippen LogP contribution < -0.4 is 16.2 Å². The summed E-state index contributed by atoms with van der Waals surface area (Å²) in [6.45, 7) is 6.11. The summed E-state index contributed by atoms with van der Waals surface area (Å²) in [7, 11) is 0. The Morgan fingerprint density at radius 3 is 2.50 bits per heavy atom. The Labute approximate surface area is 241 Å². The fourth-order valence-electron chi connectivity index (χ4n) is 5.95. The summed E-state index contributed by atoms with van der Waals surface area (Å²) in [5.41, 5.74) is 15.8. The molecule has 2 heteroatoms. The van der Waals surface area contributed by atoms with Crippen LogP contribution in [0.25, 0.3) is 16.7 Å². The van der Waals surface area contributed by atoms with Crippen LogP contribution in [0.5, 0.6) is 0 Å². The van der Waals surface area contributed by atoms with E-state index >= 15 is 0 Å². The normalized spacial score (nSPS) is 16.1. The molecule has 0 amide bonds. The molecule has 2 aromatic rings. The van der Waals surface area contributed by atoms with Crippen molar-refractivity contribution < 1.29 is 0 Å². The van der Waals surface area contributed by atoms with Crippen molar-refractivity contribution >= 4 is 16.7 Å². The van der Waals surface area contributed by atoms with E-state index < -0.39 is 0 Å². The molecule has 40 heavy (non-hydrogen) atoms. The first-order valence-corrected chi connectivity index (χ1v) is 15.2. The van der Waals surface area contributed by atoms with E-state index in [-0.39, 0.29) is 0 Å². The molecule has 0 bridgehead atoms. The van der Waals surface area contributed by atoms with Gasteiger partial charge < -0.3 is 5.73 Å². The van der Waals surface area contributed by atoms with Gasteiger partial charge in [-0.1, -0.05) is 90.6 Å². The number of benzene rings is 1. The number of nitrogens with zero attached hydrogens (tertiary/aromatic N) is 1. The number of fused-ring (bicyclic) bond motifs is 1. The van der Waals surface area contributed by atoms with Crippen LogP contribution in [-0.4, -0.2) is 4.98 Å². The second kappa shape index (κ2) is 15.8. The molecule has 1 aromatic carbocycles. The van der Waals surface area contributed by atoms with Crippen molar-refractivity contribution in [3.63, 3.8) is 0 Å². The maximum atomic E-state index is 6.20. The van der Waals surface area contributed by atoms with E-state index in [0.29, 0.717) is 0 Å². The van der Waals surface area contributed by atoms with Gasteiger partial charge in [-0.15, -0.1) is 0 Å². The summed E-state index contributed by atoms with van der Waals surface area (Å²) < 4.78 is 0. The number of allylic oxidation sites excluding steroid dienone is 11. The number of unbranched alkanes of at least 4 members (excludes halogenated alkanes) is 1. The van der Waals surface area contributed by atoms with Crippen molar-refractivity contribution in [3.05, 3.63) is 131 Å². The standard InChI is InChI=1S/C38H46N2/c1-3-5-6-18-34(39)19-8-7-16-32-27-28-36(37-21-10-9-20-35(32)37)31(14-4-2)17-13-15-30-23-25-33(26-24-30)38-22-11-12-29-40-38/h3-5,9-12,14,19-23,25,29H,2,6-8,13,15-18,24,26-28,39H2,1H3/b5-3-,31-14+,34-19-. The van der Waals surface area contributed by atoms with Crippen LogP contribution >= 0.6 is 0 Å². The molecule has 0 unspecified atom stereocenters. The van der Waals surface area contributed by atoms with Gasteiger partial charge in [0, 0.05) is 11.9 Å². The van der Waals surface area contributed by atoms with E-state index in [1.165, 1.54) is 33.6 Å². The third-order valence-electron chi connectivity index (χ3n) is 8.11. The largest absolute Gasteiger partial charge is 0.402 e. The van der Waals surface area contributed by atoms with Crippen molar-refractivity contribution in [3.8, 4) is 0 Å². The highest BCUT2D eigenvalue weighted by Gasteiger charge is 2.15. The first-order chi connectivity index (χ1) is 19.7. The SMILES string of the molecule is C=C/C=C(\CCCC1=CC=C(c2ccccn2)CC1)C1=c2ccccc2=C(CCC/C=C(\N)CC/C=C\C)CC1. The second-order valence-corrected chi connectivity index (χ2v) is 10.9. The van der Waals surface area contributed by atoms with Gasteiger partial charge in [0.15, 0.2) is 0 Å². The van der Waals surface area contributed by atoms with Crippen LogP contribution in [0.3, 0.4) is 0 Å². The fraction of sp³-hybridized carbons (Fsp3) is 0.342. The first-order valence-electron chi connectivity index (χ1n) is 15.2. The Hall–Kier alpha value is -3.65. The molecule has 0 spiro atoms. The summed E-state index contributed by atoms with van der Waals surface area (Å²) in [5.74, 6) is 0. The Bertz CT molecular complexity index is 1410. The number of pyridine rings is 1. The molecule has 1 aromatic heterocycles. The summed E-state index contributed by atoms with van der Waals surface area (Å²) in [4.78, 5) is 4.52. The number of rotatable bonds is 14. The predicted molar refractivity (Wildman–Crippen MR) is 174 cm³/mol. The number of hydrogen-bond donors (Lipinski definition) is 1. The summed E-state index contributed by atoms with van der Waals surface area (Å²) in [6.07, 6.45) is 30.5. The van der Waals surface area contributed by atoms with Gasteiger partial charge in [0.25, 0.3) is 0 Å². The van der Waals surface area contributed by atoms with Crippen LogP contribution in [0, 0.1) is 0 Å². The third-order valence-corrected chi connectivity index (χ3v) is 8.11. The maximum absolute atomic E-state index is 6.20. The van der Waals surface area contributed by atoms with Gasteiger partial charge in [0.05, 0.1) is 5.69 Å². The van der Waals surface area contributed by atoms with Gasteiger partial charge in [-0.2, -0.15) is 0 Å². The molecule has 0 saturated carbocycles. The summed E-state index contributed by atoms with van der Waals surface area (Å²) >= 11 is 0. The lowest BCUT2D eigenvalue weighted by atomic mass is 9.85. The molecule has 2 aliphatic carbocycles. The zero-order valence-corrected chi connectivity index (χ0v) is 24.4. The monoisotopic (exact) mass is 530 g/mol. The quantitative estimate of drug-likeness (QED) is 0.151. The predicted octanol–water partition coefficient (Wildman–Crippen LogP) is 8.63. The van der Waals surface area contributed by atoms with E-state index in [2.05, 4.69) is 91.3 Å². The zero-order chi connectivity index (χ0) is 28.0. The summed E-state index contributed by atoms with van der Waals surface area (Å²) in [6, 6.07) is 15.2. The van der Waals surface area contributed by atoms with E-state index in [4.69, 9.17) is 5.73 Å². The van der Waals surface area contributed by atoms with Gasteiger partial charge in [-0.25, -0.2) is 0 Å². The highest BCUT2D eigenvalue weighted by atomic mass is 14.7. The van der Waals surface area contributed by atoms with E-state index in [1.54, 1.807) is 11.1 Å². The smallest absolute Gasteiger partial charge is 0.0661 e. The van der Waals surface area contributed by atoms with Gasteiger partial charge in [0.2, 0.25) is 0 Å². The minimum Gasteiger partial charge on any atom is -0.402 e. The van der Waals surface area contributed by atoms with Crippen molar-refractivity contribution in [2.24, 2.45) is 5.73 Å². The number of hydrogen-bond acceptors (Lipinski definition) is 2. The highest BCUT2D eigenvalue weighted by molar-refractivity contribution is 5.70. The van der Waals surface area contributed by atoms with Crippen LogP contribution in [0.2, 0.25) is 0 Å². The van der Waals surface area contributed by atoms with Crippen LogP contribution in [0.15, 0.2) is 115 Å². The van der Waals surface area contributed by atoms with Gasteiger partial charge in [-0.05, 0) is 123 Å². The van der Waals surface area contributed by atoms with Crippen molar-refractivity contribution in [1.82, 2.24) is 4.98 Å².